The lowest BCUT2D eigenvalue weighted by Gasteiger charge is -2.56. The van der Waals surface area contributed by atoms with Gasteiger partial charge in [0.2, 0.25) is 0 Å². The first-order valence-corrected chi connectivity index (χ1v) is 8.70. The monoisotopic (exact) mass is 314 g/mol. The Morgan fingerprint density at radius 2 is 2.17 bits per heavy atom. The fourth-order valence-electron chi connectivity index (χ4n) is 5.06. The van der Waals surface area contributed by atoms with Crippen LogP contribution in [0.25, 0.3) is 0 Å². The minimum atomic E-state index is -0.558. The first-order valence-electron chi connectivity index (χ1n) is 8.70. The third kappa shape index (κ3) is 2.50. The molecule has 2 aliphatic rings. The first kappa shape index (κ1) is 16.2. The molecule has 124 valence electrons. The molecule has 1 heterocycles. The predicted molar refractivity (Wildman–Crippen MR) is 88.9 cm³/mol. The molecule has 3 nitrogen and oxygen atoms in total. The number of furan rings is 1. The van der Waals surface area contributed by atoms with Crippen LogP contribution in [0.15, 0.2) is 34.7 Å². The third-order valence-corrected chi connectivity index (χ3v) is 6.76. The van der Waals surface area contributed by atoms with Gasteiger partial charge < -0.3 is 9.21 Å². The number of fused-ring (bicyclic) bond motifs is 1. The van der Waals surface area contributed by atoms with Crippen molar-refractivity contribution in [3.8, 4) is 0 Å². The number of aldehydes is 2. The molecular weight excluding hydrogens is 288 g/mol. The summed E-state index contributed by atoms with van der Waals surface area (Å²) < 4.78 is 5.18. The molecule has 0 amide bonds. The SMILES string of the molecule is C[C@@H]1CC[C@@]2(C=O)C(C=O)=CCC[C@H]2[C@]1(C)CCc1ccoc1. The van der Waals surface area contributed by atoms with Crippen LogP contribution < -0.4 is 0 Å². The number of hydrogen-bond acceptors (Lipinski definition) is 3. The zero-order chi connectivity index (χ0) is 16.5. The lowest BCUT2D eigenvalue weighted by molar-refractivity contribution is -0.131. The molecular formula is C20H26O3. The molecule has 1 saturated carbocycles. The summed E-state index contributed by atoms with van der Waals surface area (Å²) >= 11 is 0. The van der Waals surface area contributed by atoms with E-state index in [-0.39, 0.29) is 11.3 Å². The summed E-state index contributed by atoms with van der Waals surface area (Å²) in [5, 5.41) is 0. The van der Waals surface area contributed by atoms with Crippen molar-refractivity contribution >= 4 is 12.6 Å². The largest absolute Gasteiger partial charge is 0.472 e. The number of allylic oxidation sites excluding steroid dienone is 2. The second kappa shape index (κ2) is 6.10. The van der Waals surface area contributed by atoms with Crippen LogP contribution >= 0.6 is 0 Å². The zero-order valence-corrected chi connectivity index (χ0v) is 14.1. The molecule has 0 unspecified atom stereocenters. The van der Waals surface area contributed by atoms with E-state index in [9.17, 15) is 9.59 Å². The van der Waals surface area contributed by atoms with Crippen molar-refractivity contribution in [2.24, 2.45) is 22.7 Å². The van der Waals surface area contributed by atoms with Crippen molar-refractivity contribution in [2.45, 2.75) is 52.4 Å². The fraction of sp³-hybridized carbons (Fsp3) is 0.600. The molecule has 0 aliphatic heterocycles. The maximum absolute atomic E-state index is 12.1. The molecule has 4 atom stereocenters. The van der Waals surface area contributed by atoms with Crippen LogP contribution in [0.2, 0.25) is 0 Å². The highest BCUT2D eigenvalue weighted by atomic mass is 16.3. The first-order chi connectivity index (χ1) is 11.1. The van der Waals surface area contributed by atoms with Crippen LogP contribution in [-0.2, 0) is 16.0 Å². The summed E-state index contributed by atoms with van der Waals surface area (Å²) in [6.45, 7) is 4.64. The molecule has 1 fully saturated rings. The summed E-state index contributed by atoms with van der Waals surface area (Å²) in [6.07, 6.45) is 13.2. The number of carbonyl (C=O) groups excluding carboxylic acids is 2. The topological polar surface area (TPSA) is 47.3 Å². The Bertz CT molecular complexity index is 600. The minimum Gasteiger partial charge on any atom is -0.472 e. The van der Waals surface area contributed by atoms with Gasteiger partial charge in [0.25, 0.3) is 0 Å². The normalized spacial score (nSPS) is 36.9. The number of carbonyl (C=O) groups is 2. The maximum atomic E-state index is 12.1. The van der Waals surface area contributed by atoms with Crippen LogP contribution in [0, 0.1) is 22.7 Å². The van der Waals surface area contributed by atoms with Crippen molar-refractivity contribution in [1.82, 2.24) is 0 Å². The summed E-state index contributed by atoms with van der Waals surface area (Å²) in [6, 6.07) is 2.02. The average molecular weight is 314 g/mol. The fourth-order valence-corrected chi connectivity index (χ4v) is 5.06. The number of rotatable bonds is 5. The highest BCUT2D eigenvalue weighted by molar-refractivity contribution is 5.85. The average Bonchev–Trinajstić information content (AvgIpc) is 3.09. The van der Waals surface area contributed by atoms with Crippen molar-refractivity contribution < 1.29 is 14.0 Å². The molecule has 1 aromatic heterocycles. The third-order valence-electron chi connectivity index (χ3n) is 6.76. The van der Waals surface area contributed by atoms with E-state index in [1.165, 1.54) is 5.56 Å². The summed E-state index contributed by atoms with van der Waals surface area (Å²) in [7, 11) is 0. The Balaban J connectivity index is 1.93. The van der Waals surface area contributed by atoms with Gasteiger partial charge in [-0.25, -0.2) is 0 Å². The second-order valence-electron chi connectivity index (χ2n) is 7.64. The van der Waals surface area contributed by atoms with Gasteiger partial charge in [-0.2, -0.15) is 0 Å². The van der Waals surface area contributed by atoms with Gasteiger partial charge in [-0.15, -0.1) is 0 Å². The van der Waals surface area contributed by atoms with Gasteiger partial charge in [-0.05, 0) is 67.4 Å². The van der Waals surface area contributed by atoms with E-state index in [1.807, 2.05) is 12.1 Å². The number of aryl methyl sites for hydroxylation is 1. The van der Waals surface area contributed by atoms with Crippen molar-refractivity contribution in [3.05, 3.63) is 35.8 Å². The van der Waals surface area contributed by atoms with Crippen LogP contribution in [0.3, 0.4) is 0 Å². The molecule has 0 aromatic carbocycles. The van der Waals surface area contributed by atoms with Gasteiger partial charge in [-0.1, -0.05) is 19.9 Å². The Morgan fingerprint density at radius 1 is 1.35 bits per heavy atom. The van der Waals surface area contributed by atoms with Crippen molar-refractivity contribution in [2.75, 3.05) is 0 Å². The van der Waals surface area contributed by atoms with Crippen molar-refractivity contribution in [1.29, 1.82) is 0 Å². The minimum absolute atomic E-state index is 0.0684. The van der Waals surface area contributed by atoms with E-state index < -0.39 is 5.41 Å². The highest BCUT2D eigenvalue weighted by Gasteiger charge is 2.56. The lowest BCUT2D eigenvalue weighted by atomic mass is 9.46. The van der Waals surface area contributed by atoms with Crippen LogP contribution in [-0.4, -0.2) is 12.6 Å². The molecule has 3 rings (SSSR count). The summed E-state index contributed by atoms with van der Waals surface area (Å²) in [4.78, 5) is 23.7. The van der Waals surface area contributed by atoms with E-state index in [4.69, 9.17) is 4.42 Å². The van der Waals surface area contributed by atoms with E-state index in [0.717, 1.165) is 56.7 Å². The van der Waals surface area contributed by atoms with Crippen LogP contribution in [0.1, 0.15) is 51.5 Å². The summed E-state index contributed by atoms with van der Waals surface area (Å²) in [5.74, 6) is 0.812. The van der Waals surface area contributed by atoms with E-state index in [1.54, 1.807) is 12.5 Å². The highest BCUT2D eigenvalue weighted by Crippen LogP contribution is 2.60. The molecule has 0 saturated heterocycles. The quantitative estimate of drug-likeness (QED) is 0.758. The van der Waals surface area contributed by atoms with Crippen LogP contribution in [0.5, 0.6) is 0 Å². The van der Waals surface area contributed by atoms with Gasteiger partial charge in [0, 0.05) is 5.57 Å². The molecule has 0 spiro atoms. The Kier molecular flexibility index (Phi) is 4.31. The van der Waals surface area contributed by atoms with E-state index in [0.29, 0.717) is 5.92 Å². The molecule has 23 heavy (non-hydrogen) atoms. The van der Waals surface area contributed by atoms with Crippen LogP contribution in [0.4, 0.5) is 0 Å². The van der Waals surface area contributed by atoms with Gasteiger partial charge in [0.15, 0.2) is 0 Å². The summed E-state index contributed by atoms with van der Waals surface area (Å²) in [5.41, 5.74) is 1.45. The van der Waals surface area contributed by atoms with Gasteiger partial charge in [0.05, 0.1) is 17.9 Å². The Hall–Kier alpha value is -1.64. The molecule has 1 aromatic rings. The molecule has 0 bridgehead atoms. The predicted octanol–water partition coefficient (Wildman–Crippen LogP) is 4.37. The Morgan fingerprint density at radius 3 is 2.83 bits per heavy atom. The zero-order valence-electron chi connectivity index (χ0n) is 14.1. The molecule has 2 aliphatic carbocycles. The number of hydrogen-bond donors (Lipinski definition) is 0. The maximum Gasteiger partial charge on any atom is 0.146 e. The molecule has 0 radical (unpaired) electrons. The van der Waals surface area contributed by atoms with Gasteiger partial charge >= 0.3 is 0 Å². The van der Waals surface area contributed by atoms with Gasteiger partial charge in [-0.3, -0.25) is 4.79 Å². The molecule has 0 N–H and O–H groups in total. The van der Waals surface area contributed by atoms with Gasteiger partial charge in [0.1, 0.15) is 12.6 Å². The standard InChI is InChI=1S/C20H26O3/c1-15-6-10-20(14-22)17(12-21)4-3-5-18(20)19(15,2)9-7-16-8-11-23-13-16/h4,8,11-15,18H,3,5-7,9-10H2,1-2H3/t15-,18+,19-,20-/m1/s1. The second-order valence-corrected chi connectivity index (χ2v) is 7.64. The molecule has 3 heteroatoms. The smallest absolute Gasteiger partial charge is 0.146 e. The van der Waals surface area contributed by atoms with E-state index in [2.05, 4.69) is 13.8 Å². The van der Waals surface area contributed by atoms with E-state index >= 15 is 0 Å². The Labute approximate surface area is 138 Å². The lowest BCUT2D eigenvalue weighted by Crippen LogP contribution is -2.52. The van der Waals surface area contributed by atoms with Crippen molar-refractivity contribution in [3.63, 3.8) is 0 Å².